The molecular weight excluding hydrogens is 306 g/mol. The predicted molar refractivity (Wildman–Crippen MR) is 101 cm³/mol. The van der Waals surface area contributed by atoms with E-state index in [1.807, 2.05) is 60.7 Å². The Morgan fingerprint density at radius 3 is 1.92 bits per heavy atom. The molecule has 0 amide bonds. The third-order valence-corrected chi connectivity index (χ3v) is 5.30. The number of aliphatic hydroxyl groups is 1. The van der Waals surface area contributed by atoms with Gasteiger partial charge in [0.15, 0.2) is 0 Å². The molecule has 0 spiro atoms. The van der Waals surface area contributed by atoms with E-state index in [1.54, 1.807) is 0 Å². The van der Waals surface area contributed by atoms with Gasteiger partial charge in [0.05, 0.1) is 0 Å². The Balaban J connectivity index is 1.94. The van der Waals surface area contributed by atoms with Crippen molar-refractivity contribution >= 4 is 0 Å². The highest BCUT2D eigenvalue weighted by molar-refractivity contribution is 5.45. The molecule has 0 aliphatic carbocycles. The topological polar surface area (TPSA) is 23.5 Å². The van der Waals surface area contributed by atoms with Crippen molar-refractivity contribution in [2.24, 2.45) is 0 Å². The van der Waals surface area contributed by atoms with Crippen molar-refractivity contribution in [3.05, 3.63) is 107 Å². The van der Waals surface area contributed by atoms with E-state index in [2.05, 4.69) is 36.2 Å². The SMILES string of the molecule is CN1Cc2ccccc2C(C(O)(c2ccccc2)c2ccccc2)C1. The molecule has 0 bridgehead atoms. The lowest BCUT2D eigenvalue weighted by Crippen LogP contribution is -2.43. The summed E-state index contributed by atoms with van der Waals surface area (Å²) in [6, 6.07) is 28.6. The molecule has 126 valence electrons. The first-order chi connectivity index (χ1) is 12.2. The van der Waals surface area contributed by atoms with E-state index >= 15 is 0 Å². The fourth-order valence-corrected chi connectivity index (χ4v) is 4.09. The van der Waals surface area contributed by atoms with E-state index < -0.39 is 5.60 Å². The van der Waals surface area contributed by atoms with Crippen LogP contribution in [0.25, 0.3) is 0 Å². The van der Waals surface area contributed by atoms with Gasteiger partial charge in [0.2, 0.25) is 0 Å². The van der Waals surface area contributed by atoms with Crippen molar-refractivity contribution < 1.29 is 5.11 Å². The Kier molecular flexibility index (Phi) is 4.16. The summed E-state index contributed by atoms with van der Waals surface area (Å²) in [5, 5.41) is 12.1. The fraction of sp³-hybridized carbons (Fsp3) is 0.217. The maximum Gasteiger partial charge on any atom is 0.123 e. The maximum atomic E-state index is 12.1. The quantitative estimate of drug-likeness (QED) is 0.780. The second kappa shape index (κ2) is 6.47. The van der Waals surface area contributed by atoms with Gasteiger partial charge in [0.25, 0.3) is 0 Å². The van der Waals surface area contributed by atoms with Crippen molar-refractivity contribution in [3.8, 4) is 0 Å². The molecular formula is C23H23NO. The van der Waals surface area contributed by atoms with Gasteiger partial charge in [-0.3, -0.25) is 0 Å². The Morgan fingerprint density at radius 2 is 1.32 bits per heavy atom. The molecule has 1 aliphatic heterocycles. The molecule has 0 fully saturated rings. The van der Waals surface area contributed by atoms with Gasteiger partial charge < -0.3 is 10.0 Å². The van der Waals surface area contributed by atoms with Crippen molar-refractivity contribution in [1.29, 1.82) is 0 Å². The second-order valence-electron chi connectivity index (χ2n) is 6.95. The smallest absolute Gasteiger partial charge is 0.123 e. The zero-order valence-electron chi connectivity index (χ0n) is 14.5. The van der Waals surface area contributed by atoms with E-state index in [1.165, 1.54) is 11.1 Å². The molecule has 1 unspecified atom stereocenters. The van der Waals surface area contributed by atoms with E-state index in [0.29, 0.717) is 0 Å². The van der Waals surface area contributed by atoms with Crippen molar-refractivity contribution in [3.63, 3.8) is 0 Å². The molecule has 2 nitrogen and oxygen atoms in total. The number of benzene rings is 3. The Hall–Kier alpha value is -2.42. The molecule has 0 radical (unpaired) electrons. The predicted octanol–water partition coefficient (Wildman–Crippen LogP) is 4.15. The van der Waals surface area contributed by atoms with Gasteiger partial charge in [-0.05, 0) is 29.3 Å². The van der Waals surface area contributed by atoms with E-state index in [-0.39, 0.29) is 5.92 Å². The lowest BCUT2D eigenvalue weighted by Gasteiger charge is -2.43. The molecule has 1 atom stereocenters. The molecule has 1 heterocycles. The summed E-state index contributed by atoms with van der Waals surface area (Å²) in [5.41, 5.74) is 3.36. The van der Waals surface area contributed by atoms with E-state index in [9.17, 15) is 5.11 Å². The van der Waals surface area contributed by atoms with Crippen molar-refractivity contribution in [2.45, 2.75) is 18.1 Å². The van der Waals surface area contributed by atoms with Gasteiger partial charge in [0, 0.05) is 19.0 Å². The van der Waals surface area contributed by atoms with Crippen LogP contribution in [0.15, 0.2) is 84.9 Å². The molecule has 0 aromatic heterocycles. The number of nitrogens with zero attached hydrogens (tertiary/aromatic N) is 1. The summed E-state index contributed by atoms with van der Waals surface area (Å²) in [5.74, 6) is -0.0211. The minimum Gasteiger partial charge on any atom is -0.380 e. The van der Waals surface area contributed by atoms with Crippen LogP contribution in [0.4, 0.5) is 0 Å². The highest BCUT2D eigenvalue weighted by Crippen LogP contribution is 2.45. The van der Waals surface area contributed by atoms with E-state index in [4.69, 9.17) is 0 Å². The summed E-state index contributed by atoms with van der Waals surface area (Å²) < 4.78 is 0. The lowest BCUT2D eigenvalue weighted by atomic mass is 9.70. The molecule has 25 heavy (non-hydrogen) atoms. The maximum absolute atomic E-state index is 12.1. The average molecular weight is 329 g/mol. The number of fused-ring (bicyclic) bond motifs is 1. The first-order valence-corrected chi connectivity index (χ1v) is 8.79. The zero-order valence-corrected chi connectivity index (χ0v) is 14.5. The molecule has 3 aromatic rings. The van der Waals surface area contributed by atoms with Gasteiger partial charge in [-0.1, -0.05) is 84.9 Å². The molecule has 0 saturated heterocycles. The Labute approximate surface area is 149 Å². The van der Waals surface area contributed by atoms with E-state index in [0.717, 1.165) is 24.2 Å². The summed E-state index contributed by atoms with van der Waals surface area (Å²) >= 11 is 0. The lowest BCUT2D eigenvalue weighted by molar-refractivity contribution is 0.0306. The molecule has 2 heteroatoms. The van der Waals surface area contributed by atoms with Gasteiger partial charge in [-0.25, -0.2) is 0 Å². The molecule has 1 N–H and O–H groups in total. The zero-order chi connectivity index (χ0) is 17.3. The molecule has 1 aliphatic rings. The van der Waals surface area contributed by atoms with Crippen molar-refractivity contribution in [2.75, 3.05) is 13.6 Å². The largest absolute Gasteiger partial charge is 0.380 e. The van der Waals surface area contributed by atoms with Crippen LogP contribution in [0.3, 0.4) is 0 Å². The average Bonchev–Trinajstić information content (AvgIpc) is 2.68. The van der Waals surface area contributed by atoms with Crippen LogP contribution in [-0.4, -0.2) is 23.6 Å². The normalized spacial score (nSPS) is 17.9. The third kappa shape index (κ3) is 2.78. The second-order valence-corrected chi connectivity index (χ2v) is 6.95. The molecule has 0 saturated carbocycles. The van der Waals surface area contributed by atoms with Crippen molar-refractivity contribution in [1.82, 2.24) is 4.90 Å². The number of likely N-dealkylation sites (N-methyl/N-ethyl adjacent to an activating group) is 1. The Bertz CT molecular complexity index is 805. The number of rotatable bonds is 3. The van der Waals surface area contributed by atoms with Gasteiger partial charge in [-0.15, -0.1) is 0 Å². The molecule has 3 aromatic carbocycles. The summed E-state index contributed by atoms with van der Waals surface area (Å²) in [7, 11) is 2.12. The van der Waals surface area contributed by atoms with Gasteiger partial charge in [-0.2, -0.15) is 0 Å². The minimum absolute atomic E-state index is 0.0211. The Morgan fingerprint density at radius 1 is 0.800 bits per heavy atom. The summed E-state index contributed by atoms with van der Waals surface area (Å²) in [6.07, 6.45) is 0. The highest BCUT2D eigenvalue weighted by atomic mass is 16.3. The standard InChI is InChI=1S/C23H23NO/c1-24-16-18-10-8-9-15-21(18)22(17-24)23(25,19-11-4-2-5-12-19)20-13-6-3-7-14-20/h2-15,22,25H,16-17H2,1H3. The number of hydrogen-bond donors (Lipinski definition) is 1. The van der Waals surface area contributed by atoms with Crippen LogP contribution in [0.2, 0.25) is 0 Å². The van der Waals surface area contributed by atoms with Crippen LogP contribution in [0.5, 0.6) is 0 Å². The third-order valence-electron chi connectivity index (χ3n) is 5.30. The minimum atomic E-state index is -1.06. The van der Waals surface area contributed by atoms with Crippen LogP contribution in [0, 0.1) is 0 Å². The van der Waals surface area contributed by atoms with Crippen LogP contribution >= 0.6 is 0 Å². The highest BCUT2D eigenvalue weighted by Gasteiger charge is 2.43. The summed E-state index contributed by atoms with van der Waals surface area (Å²) in [6.45, 7) is 1.74. The monoisotopic (exact) mass is 329 g/mol. The molecule has 4 rings (SSSR count). The number of hydrogen-bond acceptors (Lipinski definition) is 2. The summed E-state index contributed by atoms with van der Waals surface area (Å²) in [4.78, 5) is 2.30. The van der Waals surface area contributed by atoms with Gasteiger partial charge in [0.1, 0.15) is 5.60 Å². The fourth-order valence-electron chi connectivity index (χ4n) is 4.09. The van der Waals surface area contributed by atoms with Crippen LogP contribution in [0.1, 0.15) is 28.2 Å². The van der Waals surface area contributed by atoms with Gasteiger partial charge >= 0.3 is 0 Å². The van der Waals surface area contributed by atoms with Crippen LogP contribution in [-0.2, 0) is 12.1 Å². The first-order valence-electron chi connectivity index (χ1n) is 8.79. The first kappa shape index (κ1) is 16.1. The van der Waals surface area contributed by atoms with Crippen LogP contribution < -0.4 is 0 Å².